The van der Waals surface area contributed by atoms with Crippen LogP contribution in [-0.4, -0.2) is 33.7 Å². The zero-order chi connectivity index (χ0) is 19.4. The van der Waals surface area contributed by atoms with Gasteiger partial charge in [-0.2, -0.15) is 0 Å². The maximum atomic E-state index is 13.0. The van der Waals surface area contributed by atoms with Gasteiger partial charge < -0.3 is 11.1 Å². The van der Waals surface area contributed by atoms with Gasteiger partial charge in [-0.15, -0.1) is 0 Å². The second kappa shape index (κ2) is 8.05. The van der Waals surface area contributed by atoms with Crippen molar-refractivity contribution in [3.8, 4) is 5.69 Å². The largest absolute Gasteiger partial charge is 0.368 e. The van der Waals surface area contributed by atoms with Gasteiger partial charge in [0, 0.05) is 0 Å². The first-order valence-corrected chi connectivity index (χ1v) is 9.21. The molecule has 0 saturated carbocycles. The molecule has 0 aliphatic heterocycles. The molecule has 8 heteroatoms. The number of hydrogen-bond donors (Lipinski definition) is 2. The van der Waals surface area contributed by atoms with Crippen LogP contribution < -0.4 is 16.6 Å². The van der Waals surface area contributed by atoms with Crippen LogP contribution in [0.5, 0.6) is 0 Å². The van der Waals surface area contributed by atoms with Crippen molar-refractivity contribution < 1.29 is 9.59 Å². The zero-order valence-electron chi connectivity index (χ0n) is 14.6. The van der Waals surface area contributed by atoms with Crippen LogP contribution in [0.15, 0.2) is 58.5 Å². The van der Waals surface area contributed by atoms with Crippen LogP contribution in [-0.2, 0) is 9.59 Å². The number of para-hydroxylation sites is 1. The molecule has 0 aliphatic rings. The molecule has 3 aromatic rings. The Morgan fingerprint density at radius 3 is 2.56 bits per heavy atom. The number of thioether (sulfide) groups is 1. The monoisotopic (exact) mass is 382 g/mol. The number of amides is 2. The van der Waals surface area contributed by atoms with Gasteiger partial charge in [0.15, 0.2) is 5.16 Å². The number of primary amides is 1. The van der Waals surface area contributed by atoms with Crippen LogP contribution in [0.2, 0.25) is 0 Å². The fraction of sp³-hybridized carbons (Fsp3) is 0.158. The molecule has 0 fully saturated rings. The van der Waals surface area contributed by atoms with E-state index in [1.54, 1.807) is 24.3 Å². The van der Waals surface area contributed by atoms with Gasteiger partial charge in [0.1, 0.15) is 0 Å². The molecule has 2 aromatic carbocycles. The topological polar surface area (TPSA) is 107 Å². The molecule has 2 amide bonds. The maximum absolute atomic E-state index is 13.0. The number of aromatic nitrogens is 2. The number of nitrogens with one attached hydrogen (secondary N) is 1. The van der Waals surface area contributed by atoms with Crippen molar-refractivity contribution in [3.63, 3.8) is 0 Å². The smallest absolute Gasteiger partial charge is 0.266 e. The van der Waals surface area contributed by atoms with Crippen molar-refractivity contribution in [2.24, 2.45) is 5.73 Å². The third kappa shape index (κ3) is 4.35. The molecule has 0 bridgehead atoms. The number of rotatable bonds is 6. The van der Waals surface area contributed by atoms with E-state index in [1.807, 2.05) is 31.2 Å². The lowest BCUT2D eigenvalue weighted by atomic mass is 10.2. The minimum Gasteiger partial charge on any atom is -0.368 e. The summed E-state index contributed by atoms with van der Waals surface area (Å²) in [4.78, 5) is 40.3. The van der Waals surface area contributed by atoms with Gasteiger partial charge in [0.2, 0.25) is 11.8 Å². The summed E-state index contributed by atoms with van der Waals surface area (Å²) in [7, 11) is 0. The minimum atomic E-state index is -0.617. The number of benzene rings is 2. The summed E-state index contributed by atoms with van der Waals surface area (Å²) in [6.07, 6.45) is 0. The normalized spacial score (nSPS) is 10.7. The van der Waals surface area contributed by atoms with Crippen LogP contribution in [0.4, 0.5) is 0 Å². The van der Waals surface area contributed by atoms with Gasteiger partial charge in [0.05, 0.1) is 28.9 Å². The Hall–Kier alpha value is -3.13. The van der Waals surface area contributed by atoms with E-state index in [0.29, 0.717) is 21.7 Å². The molecule has 3 rings (SSSR count). The Bertz CT molecular complexity index is 1060. The molecule has 27 heavy (non-hydrogen) atoms. The Balaban J connectivity index is 2.00. The number of carbonyl (C=O) groups excluding carboxylic acids is 2. The average molecular weight is 382 g/mol. The van der Waals surface area contributed by atoms with Crippen LogP contribution in [0.1, 0.15) is 5.56 Å². The van der Waals surface area contributed by atoms with E-state index in [4.69, 9.17) is 5.73 Å². The highest BCUT2D eigenvalue weighted by Crippen LogP contribution is 2.21. The van der Waals surface area contributed by atoms with Crippen LogP contribution in [0.3, 0.4) is 0 Å². The zero-order valence-corrected chi connectivity index (χ0v) is 15.5. The first kappa shape index (κ1) is 18.7. The van der Waals surface area contributed by atoms with E-state index in [1.165, 1.54) is 4.57 Å². The second-order valence-electron chi connectivity index (χ2n) is 5.92. The Morgan fingerprint density at radius 2 is 1.85 bits per heavy atom. The standard InChI is InChI=1S/C19H18N4O3S/c1-12-6-8-13(9-7-12)23-18(26)14-4-2-3-5-15(14)22-19(23)27-11-17(25)21-10-16(20)24/h2-9H,10-11H2,1H3,(H2,20,24)(H,21,25). The molecular weight excluding hydrogens is 364 g/mol. The molecule has 0 aliphatic carbocycles. The van der Waals surface area contributed by atoms with Crippen LogP contribution in [0.25, 0.3) is 16.6 Å². The molecule has 0 spiro atoms. The summed E-state index contributed by atoms with van der Waals surface area (Å²) >= 11 is 1.12. The van der Waals surface area contributed by atoms with Crippen LogP contribution in [0, 0.1) is 6.92 Å². The van der Waals surface area contributed by atoms with E-state index >= 15 is 0 Å². The summed E-state index contributed by atoms with van der Waals surface area (Å²) < 4.78 is 1.49. The summed E-state index contributed by atoms with van der Waals surface area (Å²) in [6.45, 7) is 1.74. The van der Waals surface area contributed by atoms with Gasteiger partial charge in [0.25, 0.3) is 5.56 Å². The molecule has 0 radical (unpaired) electrons. The predicted molar refractivity (Wildman–Crippen MR) is 105 cm³/mol. The predicted octanol–water partition coefficient (Wildman–Crippen LogP) is 1.39. The van der Waals surface area contributed by atoms with E-state index in [0.717, 1.165) is 17.3 Å². The van der Waals surface area contributed by atoms with Gasteiger partial charge in [-0.25, -0.2) is 4.98 Å². The average Bonchev–Trinajstić information content (AvgIpc) is 2.66. The molecule has 1 aromatic heterocycles. The second-order valence-corrected chi connectivity index (χ2v) is 6.86. The third-order valence-electron chi connectivity index (χ3n) is 3.83. The lowest BCUT2D eigenvalue weighted by Gasteiger charge is -2.13. The van der Waals surface area contributed by atoms with E-state index < -0.39 is 5.91 Å². The van der Waals surface area contributed by atoms with Crippen molar-refractivity contribution in [1.82, 2.24) is 14.9 Å². The van der Waals surface area contributed by atoms with Gasteiger partial charge >= 0.3 is 0 Å². The SMILES string of the molecule is Cc1ccc(-n2c(SCC(=O)NCC(N)=O)nc3ccccc3c2=O)cc1. The van der Waals surface area contributed by atoms with E-state index in [-0.39, 0.29) is 23.8 Å². The number of carbonyl (C=O) groups is 2. The molecule has 1 heterocycles. The molecule has 138 valence electrons. The maximum Gasteiger partial charge on any atom is 0.266 e. The van der Waals surface area contributed by atoms with Crippen molar-refractivity contribution in [2.75, 3.05) is 12.3 Å². The molecule has 0 atom stereocenters. The first-order chi connectivity index (χ1) is 13.0. The summed E-state index contributed by atoms with van der Waals surface area (Å²) in [5, 5.41) is 3.32. The van der Waals surface area contributed by atoms with Gasteiger partial charge in [-0.1, -0.05) is 41.6 Å². The fourth-order valence-electron chi connectivity index (χ4n) is 2.50. The van der Waals surface area contributed by atoms with Gasteiger partial charge in [-0.05, 0) is 31.2 Å². The molecular formula is C19H18N4O3S. The van der Waals surface area contributed by atoms with Crippen molar-refractivity contribution >= 4 is 34.5 Å². The molecule has 7 nitrogen and oxygen atoms in total. The summed E-state index contributed by atoms with van der Waals surface area (Å²) in [5.41, 5.74) is 7.12. The number of nitrogens with zero attached hydrogens (tertiary/aromatic N) is 2. The summed E-state index contributed by atoms with van der Waals surface area (Å²) in [5.74, 6) is -0.977. The van der Waals surface area contributed by atoms with Crippen molar-refractivity contribution in [3.05, 3.63) is 64.4 Å². The summed E-state index contributed by atoms with van der Waals surface area (Å²) in [6, 6.07) is 14.6. The highest BCUT2D eigenvalue weighted by atomic mass is 32.2. The highest BCUT2D eigenvalue weighted by Gasteiger charge is 2.14. The van der Waals surface area contributed by atoms with Crippen LogP contribution >= 0.6 is 11.8 Å². The van der Waals surface area contributed by atoms with Crippen molar-refractivity contribution in [1.29, 1.82) is 0 Å². The molecule has 3 N–H and O–H groups in total. The third-order valence-corrected chi connectivity index (χ3v) is 4.77. The number of aryl methyl sites for hydroxylation is 1. The Kier molecular flexibility index (Phi) is 5.56. The molecule has 0 saturated heterocycles. The van der Waals surface area contributed by atoms with E-state index in [2.05, 4.69) is 10.3 Å². The Morgan fingerprint density at radius 1 is 1.15 bits per heavy atom. The quantitative estimate of drug-likeness (QED) is 0.495. The first-order valence-electron chi connectivity index (χ1n) is 8.22. The number of hydrogen-bond acceptors (Lipinski definition) is 5. The minimum absolute atomic E-state index is 0.00389. The van der Waals surface area contributed by atoms with Gasteiger partial charge in [-0.3, -0.25) is 19.0 Å². The lowest BCUT2D eigenvalue weighted by molar-refractivity contribution is -0.123. The number of fused-ring (bicyclic) bond motifs is 1. The number of nitrogens with two attached hydrogens (primary N) is 1. The van der Waals surface area contributed by atoms with Crippen molar-refractivity contribution in [2.45, 2.75) is 12.1 Å². The lowest BCUT2D eigenvalue weighted by Crippen LogP contribution is -2.34. The highest BCUT2D eigenvalue weighted by molar-refractivity contribution is 7.99. The molecule has 0 unspecified atom stereocenters. The Labute approximate surface area is 159 Å². The fourth-order valence-corrected chi connectivity index (χ4v) is 3.34. The van der Waals surface area contributed by atoms with E-state index in [9.17, 15) is 14.4 Å².